The highest BCUT2D eigenvalue weighted by Crippen LogP contribution is 2.25. The Morgan fingerprint density at radius 1 is 1.33 bits per heavy atom. The molecule has 0 bridgehead atoms. The highest BCUT2D eigenvalue weighted by molar-refractivity contribution is 5.99. The number of hydrogen-bond donors (Lipinski definition) is 2. The van der Waals surface area contributed by atoms with Crippen molar-refractivity contribution in [2.75, 3.05) is 7.11 Å². The lowest BCUT2D eigenvalue weighted by molar-refractivity contribution is 0.0933. The molecule has 0 saturated carbocycles. The third-order valence-corrected chi connectivity index (χ3v) is 4.04. The molecule has 0 aliphatic carbocycles. The van der Waals surface area contributed by atoms with Gasteiger partial charge in [0.15, 0.2) is 5.82 Å². The number of aromatic nitrogens is 4. The maximum Gasteiger partial charge on any atom is 0.255 e. The molecule has 2 aromatic heterocycles. The van der Waals surface area contributed by atoms with Gasteiger partial charge in [-0.15, -0.1) is 0 Å². The van der Waals surface area contributed by atoms with E-state index in [1.165, 1.54) is 6.20 Å². The van der Waals surface area contributed by atoms with Crippen LogP contribution in [0, 0.1) is 5.92 Å². The first kappa shape index (κ1) is 18.6. The number of nitrogens with one attached hydrogen (secondary N) is 2. The van der Waals surface area contributed by atoms with E-state index in [0.29, 0.717) is 34.6 Å². The van der Waals surface area contributed by atoms with E-state index in [1.807, 2.05) is 24.3 Å². The second-order valence-corrected chi connectivity index (χ2v) is 6.73. The largest absolute Gasteiger partial charge is 0.497 e. The Morgan fingerprint density at radius 2 is 2.15 bits per heavy atom. The number of carbonyl (C=O) groups excluding carboxylic acids is 1. The first-order valence-electron chi connectivity index (χ1n) is 8.79. The van der Waals surface area contributed by atoms with Crippen molar-refractivity contribution in [3.05, 3.63) is 47.7 Å². The molecule has 0 fully saturated rings. The van der Waals surface area contributed by atoms with Crippen LogP contribution in [-0.4, -0.2) is 33.4 Å². The van der Waals surface area contributed by atoms with E-state index in [2.05, 4.69) is 39.5 Å². The summed E-state index contributed by atoms with van der Waals surface area (Å²) in [5.74, 6) is 1.87. The van der Waals surface area contributed by atoms with E-state index in [1.54, 1.807) is 14.0 Å². The zero-order valence-electron chi connectivity index (χ0n) is 15.8. The van der Waals surface area contributed by atoms with Crippen molar-refractivity contribution in [2.24, 2.45) is 5.92 Å². The number of amides is 1. The standard InChI is InChI=1S/C19H23N5O3/c1-11(2)8-16-22-19(27-24-16)12(3)21-18(25)15-10-20-23-17(15)13-6-5-7-14(9-13)26-4/h5-7,9-12H,8H2,1-4H3,(H,20,23)(H,21,25)/t12-/m1/s1. The number of hydrogen-bond acceptors (Lipinski definition) is 6. The first-order valence-corrected chi connectivity index (χ1v) is 8.79. The lowest BCUT2D eigenvalue weighted by atomic mass is 10.1. The van der Waals surface area contributed by atoms with Crippen LogP contribution in [0.1, 0.15) is 48.9 Å². The SMILES string of the molecule is COc1cccc(-c2[nH]ncc2C(=O)N[C@H](C)c2nc(CC(C)C)no2)c1. The average Bonchev–Trinajstić information content (AvgIpc) is 3.30. The zero-order valence-corrected chi connectivity index (χ0v) is 15.8. The van der Waals surface area contributed by atoms with Gasteiger partial charge in [-0.05, 0) is 25.0 Å². The minimum Gasteiger partial charge on any atom is -0.497 e. The second-order valence-electron chi connectivity index (χ2n) is 6.73. The van der Waals surface area contributed by atoms with Crippen molar-refractivity contribution >= 4 is 5.91 Å². The van der Waals surface area contributed by atoms with Gasteiger partial charge in [0.25, 0.3) is 5.91 Å². The number of methoxy groups -OCH3 is 1. The van der Waals surface area contributed by atoms with Crippen LogP contribution in [0.4, 0.5) is 0 Å². The van der Waals surface area contributed by atoms with Crippen molar-refractivity contribution in [1.82, 2.24) is 25.7 Å². The van der Waals surface area contributed by atoms with Crippen LogP contribution in [0.2, 0.25) is 0 Å². The van der Waals surface area contributed by atoms with E-state index >= 15 is 0 Å². The van der Waals surface area contributed by atoms with E-state index in [4.69, 9.17) is 9.26 Å². The van der Waals surface area contributed by atoms with Crippen LogP contribution in [-0.2, 0) is 6.42 Å². The number of ether oxygens (including phenoxy) is 1. The van der Waals surface area contributed by atoms with Gasteiger partial charge in [0.05, 0.1) is 24.6 Å². The molecule has 2 heterocycles. The molecule has 1 amide bonds. The summed E-state index contributed by atoms with van der Waals surface area (Å²) in [6.07, 6.45) is 2.22. The molecule has 2 N–H and O–H groups in total. The molecule has 0 aliphatic heterocycles. The van der Waals surface area contributed by atoms with Crippen LogP contribution in [0.15, 0.2) is 35.0 Å². The Balaban J connectivity index is 1.75. The minimum atomic E-state index is -0.418. The highest BCUT2D eigenvalue weighted by atomic mass is 16.5. The molecule has 1 atom stereocenters. The van der Waals surface area contributed by atoms with E-state index in [9.17, 15) is 4.79 Å². The smallest absolute Gasteiger partial charge is 0.255 e. The van der Waals surface area contributed by atoms with Crippen molar-refractivity contribution in [1.29, 1.82) is 0 Å². The van der Waals surface area contributed by atoms with Crippen molar-refractivity contribution < 1.29 is 14.1 Å². The van der Waals surface area contributed by atoms with Crippen LogP contribution in [0.25, 0.3) is 11.3 Å². The van der Waals surface area contributed by atoms with Crippen LogP contribution in [0.3, 0.4) is 0 Å². The van der Waals surface area contributed by atoms with Crippen LogP contribution >= 0.6 is 0 Å². The number of aromatic amines is 1. The van der Waals surface area contributed by atoms with Gasteiger partial charge in [-0.25, -0.2) is 0 Å². The van der Waals surface area contributed by atoms with Gasteiger partial charge in [0, 0.05) is 12.0 Å². The number of benzene rings is 1. The summed E-state index contributed by atoms with van der Waals surface area (Å²) in [5.41, 5.74) is 1.85. The molecular formula is C19H23N5O3. The summed E-state index contributed by atoms with van der Waals surface area (Å²) in [6, 6.07) is 7.00. The highest BCUT2D eigenvalue weighted by Gasteiger charge is 2.21. The summed E-state index contributed by atoms with van der Waals surface area (Å²) < 4.78 is 10.5. The minimum absolute atomic E-state index is 0.280. The first-order chi connectivity index (χ1) is 13.0. The third kappa shape index (κ3) is 4.33. The van der Waals surface area contributed by atoms with Crippen LogP contribution < -0.4 is 10.1 Å². The summed E-state index contributed by atoms with van der Waals surface area (Å²) >= 11 is 0. The molecule has 0 unspecified atom stereocenters. The summed E-state index contributed by atoms with van der Waals surface area (Å²) in [4.78, 5) is 17.1. The average molecular weight is 369 g/mol. The molecule has 1 aromatic carbocycles. The van der Waals surface area contributed by atoms with Gasteiger partial charge < -0.3 is 14.6 Å². The molecule has 27 heavy (non-hydrogen) atoms. The fourth-order valence-electron chi connectivity index (χ4n) is 2.68. The van der Waals surface area contributed by atoms with Crippen molar-refractivity contribution in [3.8, 4) is 17.0 Å². The van der Waals surface area contributed by atoms with Crippen molar-refractivity contribution in [2.45, 2.75) is 33.2 Å². The molecule has 3 rings (SSSR count). The molecule has 8 nitrogen and oxygen atoms in total. The molecule has 0 spiro atoms. The maximum atomic E-state index is 12.7. The molecule has 0 radical (unpaired) electrons. The van der Waals surface area contributed by atoms with E-state index in [0.717, 1.165) is 12.0 Å². The number of nitrogens with zero attached hydrogens (tertiary/aromatic N) is 3. The number of H-pyrrole nitrogens is 1. The Labute approximate surface area is 157 Å². The van der Waals surface area contributed by atoms with Gasteiger partial charge in [0.2, 0.25) is 5.89 Å². The maximum absolute atomic E-state index is 12.7. The Bertz CT molecular complexity index is 915. The zero-order chi connectivity index (χ0) is 19.4. The van der Waals surface area contributed by atoms with Crippen LogP contribution in [0.5, 0.6) is 5.75 Å². The Hall–Kier alpha value is -3.16. The lowest BCUT2D eigenvalue weighted by Crippen LogP contribution is -2.27. The summed E-state index contributed by atoms with van der Waals surface area (Å²) in [7, 11) is 1.60. The topological polar surface area (TPSA) is 106 Å². The third-order valence-electron chi connectivity index (χ3n) is 4.04. The summed E-state index contributed by atoms with van der Waals surface area (Å²) in [6.45, 7) is 5.97. The quantitative estimate of drug-likeness (QED) is 0.663. The number of carbonyl (C=O) groups is 1. The van der Waals surface area contributed by atoms with E-state index < -0.39 is 6.04 Å². The molecule has 142 valence electrons. The van der Waals surface area contributed by atoms with Gasteiger partial charge in [0.1, 0.15) is 11.8 Å². The Morgan fingerprint density at radius 3 is 2.89 bits per heavy atom. The van der Waals surface area contributed by atoms with E-state index in [-0.39, 0.29) is 5.91 Å². The monoisotopic (exact) mass is 369 g/mol. The normalized spacial score (nSPS) is 12.2. The summed E-state index contributed by atoms with van der Waals surface area (Å²) in [5, 5.41) is 13.7. The fraction of sp³-hybridized carbons (Fsp3) is 0.368. The fourth-order valence-corrected chi connectivity index (χ4v) is 2.68. The molecule has 8 heteroatoms. The van der Waals surface area contributed by atoms with Crippen molar-refractivity contribution in [3.63, 3.8) is 0 Å². The molecule has 0 aliphatic rings. The second kappa shape index (κ2) is 8.03. The molecular weight excluding hydrogens is 346 g/mol. The predicted octanol–water partition coefficient (Wildman–Crippen LogP) is 3.16. The van der Waals surface area contributed by atoms with Gasteiger partial charge in [-0.1, -0.05) is 31.1 Å². The van der Waals surface area contributed by atoms with Gasteiger partial charge >= 0.3 is 0 Å². The molecule has 3 aromatic rings. The number of rotatable bonds is 7. The lowest BCUT2D eigenvalue weighted by Gasteiger charge is -2.10. The predicted molar refractivity (Wildman–Crippen MR) is 99.3 cm³/mol. The molecule has 0 saturated heterocycles. The van der Waals surface area contributed by atoms with Gasteiger partial charge in [-0.2, -0.15) is 10.1 Å². The Kier molecular flexibility index (Phi) is 5.54. The van der Waals surface area contributed by atoms with Gasteiger partial charge in [-0.3, -0.25) is 9.89 Å².